The Morgan fingerprint density at radius 2 is 1.89 bits per heavy atom. The average Bonchev–Trinajstić information content (AvgIpc) is 2.34. The summed E-state index contributed by atoms with van der Waals surface area (Å²) in [7, 11) is 2.17. The first-order valence-electron chi connectivity index (χ1n) is 6.70. The van der Waals surface area contributed by atoms with Crippen molar-refractivity contribution < 1.29 is 0 Å². The summed E-state index contributed by atoms with van der Waals surface area (Å²) in [5.74, 6) is 0. The Balaban J connectivity index is 2.30. The van der Waals surface area contributed by atoms with Crippen LogP contribution in [-0.4, -0.2) is 31.1 Å². The molecule has 0 fully saturated rings. The van der Waals surface area contributed by atoms with Crippen LogP contribution in [0.15, 0.2) is 24.3 Å². The van der Waals surface area contributed by atoms with E-state index in [1.165, 1.54) is 5.56 Å². The zero-order valence-corrected chi connectivity index (χ0v) is 12.7. The number of benzene rings is 1. The predicted molar refractivity (Wildman–Crippen MR) is 80.3 cm³/mol. The largest absolute Gasteiger partial charge is 0.310 e. The molecule has 1 atom stereocenters. The van der Waals surface area contributed by atoms with Gasteiger partial charge in [0.05, 0.1) is 0 Å². The van der Waals surface area contributed by atoms with E-state index < -0.39 is 0 Å². The highest BCUT2D eigenvalue weighted by molar-refractivity contribution is 6.31. The van der Waals surface area contributed by atoms with E-state index in [0.717, 1.165) is 24.5 Å². The summed E-state index contributed by atoms with van der Waals surface area (Å²) >= 11 is 6.18. The zero-order chi connectivity index (χ0) is 13.5. The van der Waals surface area contributed by atoms with Crippen LogP contribution in [0.25, 0.3) is 0 Å². The van der Waals surface area contributed by atoms with Gasteiger partial charge in [0, 0.05) is 17.1 Å². The van der Waals surface area contributed by atoms with Crippen molar-refractivity contribution in [3.8, 4) is 0 Å². The Kier molecular flexibility index (Phi) is 6.69. The third-order valence-electron chi connectivity index (χ3n) is 3.39. The zero-order valence-electron chi connectivity index (χ0n) is 11.9. The van der Waals surface area contributed by atoms with E-state index in [2.05, 4.69) is 44.1 Å². The van der Waals surface area contributed by atoms with E-state index in [1.54, 1.807) is 0 Å². The fourth-order valence-electron chi connectivity index (χ4n) is 1.84. The van der Waals surface area contributed by atoms with Crippen molar-refractivity contribution >= 4 is 11.6 Å². The molecule has 1 unspecified atom stereocenters. The molecule has 102 valence electrons. The molecule has 0 aliphatic rings. The van der Waals surface area contributed by atoms with Crippen molar-refractivity contribution in [1.29, 1.82) is 0 Å². The van der Waals surface area contributed by atoms with Crippen molar-refractivity contribution in [2.24, 2.45) is 0 Å². The third kappa shape index (κ3) is 4.97. The standard InChI is InChI=1S/C15H25ClN2/c1-12(2)18(4)11-7-10-17-13(3)14-8-5-6-9-15(14)16/h5-6,8-9,12-13,17H,7,10-11H2,1-4H3. The van der Waals surface area contributed by atoms with E-state index in [4.69, 9.17) is 11.6 Å². The normalized spacial score (nSPS) is 13.3. The van der Waals surface area contributed by atoms with Crippen molar-refractivity contribution in [3.05, 3.63) is 34.9 Å². The van der Waals surface area contributed by atoms with E-state index in [1.807, 2.05) is 18.2 Å². The second-order valence-corrected chi connectivity index (χ2v) is 5.53. The highest BCUT2D eigenvalue weighted by Gasteiger charge is 2.08. The van der Waals surface area contributed by atoms with Crippen LogP contribution in [0.3, 0.4) is 0 Å². The SMILES string of the molecule is CC(NCCCN(C)C(C)C)c1ccccc1Cl. The van der Waals surface area contributed by atoms with Crippen LogP contribution in [0.4, 0.5) is 0 Å². The number of hydrogen-bond acceptors (Lipinski definition) is 2. The summed E-state index contributed by atoms with van der Waals surface area (Å²) in [6.45, 7) is 8.75. The molecule has 0 radical (unpaired) electrons. The number of halogens is 1. The Labute approximate surface area is 116 Å². The summed E-state index contributed by atoms with van der Waals surface area (Å²) < 4.78 is 0. The van der Waals surface area contributed by atoms with Gasteiger partial charge in [-0.25, -0.2) is 0 Å². The minimum absolute atomic E-state index is 0.308. The molecule has 0 aromatic heterocycles. The molecule has 0 aliphatic heterocycles. The summed E-state index contributed by atoms with van der Waals surface area (Å²) in [5.41, 5.74) is 1.18. The van der Waals surface area contributed by atoms with E-state index in [0.29, 0.717) is 12.1 Å². The van der Waals surface area contributed by atoms with Gasteiger partial charge in [0.1, 0.15) is 0 Å². The molecule has 1 N–H and O–H groups in total. The van der Waals surface area contributed by atoms with Crippen LogP contribution in [-0.2, 0) is 0 Å². The van der Waals surface area contributed by atoms with Gasteiger partial charge in [-0.3, -0.25) is 0 Å². The molecule has 2 nitrogen and oxygen atoms in total. The maximum absolute atomic E-state index is 6.18. The monoisotopic (exact) mass is 268 g/mol. The molecule has 1 rings (SSSR count). The maximum atomic E-state index is 6.18. The highest BCUT2D eigenvalue weighted by atomic mass is 35.5. The summed E-state index contributed by atoms with van der Waals surface area (Å²) in [4.78, 5) is 2.36. The van der Waals surface area contributed by atoms with Crippen LogP contribution in [0.1, 0.15) is 38.8 Å². The molecule has 3 heteroatoms. The topological polar surface area (TPSA) is 15.3 Å². The van der Waals surface area contributed by atoms with Crippen molar-refractivity contribution in [2.75, 3.05) is 20.1 Å². The molecule has 1 aromatic carbocycles. The van der Waals surface area contributed by atoms with Gasteiger partial charge in [0.2, 0.25) is 0 Å². The molecule has 0 saturated heterocycles. The van der Waals surface area contributed by atoms with Gasteiger partial charge in [0.15, 0.2) is 0 Å². The van der Waals surface area contributed by atoms with Crippen molar-refractivity contribution in [2.45, 2.75) is 39.3 Å². The summed E-state index contributed by atoms with van der Waals surface area (Å²) in [6, 6.07) is 8.96. The van der Waals surface area contributed by atoms with E-state index in [9.17, 15) is 0 Å². The molecule has 1 aromatic rings. The Bertz CT molecular complexity index is 352. The lowest BCUT2D eigenvalue weighted by atomic mass is 10.1. The second kappa shape index (κ2) is 7.78. The van der Waals surface area contributed by atoms with Gasteiger partial charge >= 0.3 is 0 Å². The first-order valence-corrected chi connectivity index (χ1v) is 7.08. The molecule has 18 heavy (non-hydrogen) atoms. The predicted octanol–water partition coefficient (Wildman–Crippen LogP) is 3.72. The van der Waals surface area contributed by atoms with Crippen LogP contribution in [0.2, 0.25) is 5.02 Å². The van der Waals surface area contributed by atoms with Gasteiger partial charge in [-0.2, -0.15) is 0 Å². The fourth-order valence-corrected chi connectivity index (χ4v) is 2.14. The van der Waals surface area contributed by atoms with Gasteiger partial charge in [0.25, 0.3) is 0 Å². The smallest absolute Gasteiger partial charge is 0.0453 e. The van der Waals surface area contributed by atoms with Crippen molar-refractivity contribution in [3.63, 3.8) is 0 Å². The van der Waals surface area contributed by atoms with Gasteiger partial charge in [-0.05, 0) is 59.0 Å². The quantitative estimate of drug-likeness (QED) is 0.759. The Hall–Kier alpha value is -0.570. The first-order chi connectivity index (χ1) is 8.52. The van der Waals surface area contributed by atoms with Crippen LogP contribution in [0, 0.1) is 0 Å². The van der Waals surface area contributed by atoms with E-state index >= 15 is 0 Å². The average molecular weight is 269 g/mol. The third-order valence-corrected chi connectivity index (χ3v) is 3.74. The molecule has 0 amide bonds. The Morgan fingerprint density at radius 3 is 2.50 bits per heavy atom. The minimum Gasteiger partial charge on any atom is -0.310 e. The Morgan fingerprint density at radius 1 is 1.22 bits per heavy atom. The van der Waals surface area contributed by atoms with Gasteiger partial charge in [-0.15, -0.1) is 0 Å². The summed E-state index contributed by atoms with van der Waals surface area (Å²) in [5, 5.41) is 4.37. The van der Waals surface area contributed by atoms with Crippen LogP contribution >= 0.6 is 11.6 Å². The molecule has 0 bridgehead atoms. The molecule has 0 saturated carbocycles. The molecule has 0 heterocycles. The van der Waals surface area contributed by atoms with E-state index in [-0.39, 0.29) is 0 Å². The molecule has 0 aliphatic carbocycles. The second-order valence-electron chi connectivity index (χ2n) is 5.13. The number of nitrogens with zero attached hydrogens (tertiary/aromatic N) is 1. The maximum Gasteiger partial charge on any atom is 0.0453 e. The number of nitrogens with one attached hydrogen (secondary N) is 1. The minimum atomic E-state index is 0.308. The highest BCUT2D eigenvalue weighted by Crippen LogP contribution is 2.21. The first kappa shape index (κ1) is 15.5. The van der Waals surface area contributed by atoms with Crippen LogP contribution in [0.5, 0.6) is 0 Å². The molecular formula is C15H25ClN2. The lowest BCUT2D eigenvalue weighted by Gasteiger charge is -2.21. The number of hydrogen-bond donors (Lipinski definition) is 1. The summed E-state index contributed by atoms with van der Waals surface area (Å²) in [6.07, 6.45) is 1.16. The van der Waals surface area contributed by atoms with Gasteiger partial charge < -0.3 is 10.2 Å². The molecular weight excluding hydrogens is 244 g/mol. The van der Waals surface area contributed by atoms with Crippen LogP contribution < -0.4 is 5.32 Å². The molecule has 0 spiro atoms. The van der Waals surface area contributed by atoms with Gasteiger partial charge in [-0.1, -0.05) is 29.8 Å². The van der Waals surface area contributed by atoms with Crippen molar-refractivity contribution in [1.82, 2.24) is 10.2 Å². The fraction of sp³-hybridized carbons (Fsp3) is 0.600. The lowest BCUT2D eigenvalue weighted by molar-refractivity contribution is 0.268. The number of rotatable bonds is 7. The lowest BCUT2D eigenvalue weighted by Crippen LogP contribution is -2.30.